The molecule has 1 fully saturated rings. The van der Waals surface area contributed by atoms with Crippen LogP contribution in [0.15, 0.2) is 18.7 Å². The second-order valence-electron chi connectivity index (χ2n) is 4.62. The monoisotopic (exact) mass is 207 g/mol. The summed E-state index contributed by atoms with van der Waals surface area (Å²) in [5.74, 6) is 0.849. The third kappa shape index (κ3) is 3.06. The average molecular weight is 207 g/mol. The van der Waals surface area contributed by atoms with Crippen LogP contribution in [-0.4, -0.2) is 22.1 Å². The summed E-state index contributed by atoms with van der Waals surface area (Å²) < 4.78 is 2.13. The molecule has 84 valence electrons. The SMILES string of the molecule is CC1CCCCC1NCCn1ccnc1. The van der Waals surface area contributed by atoms with Crippen molar-refractivity contribution in [3.8, 4) is 0 Å². The molecule has 0 spiro atoms. The molecule has 0 bridgehead atoms. The molecule has 2 unspecified atom stereocenters. The van der Waals surface area contributed by atoms with Gasteiger partial charge in [-0.05, 0) is 18.8 Å². The predicted octanol–water partition coefficient (Wildman–Crippen LogP) is 2.05. The zero-order chi connectivity index (χ0) is 10.5. The van der Waals surface area contributed by atoms with Gasteiger partial charge in [-0.15, -0.1) is 0 Å². The van der Waals surface area contributed by atoms with Crippen molar-refractivity contribution >= 4 is 0 Å². The average Bonchev–Trinajstić information content (AvgIpc) is 2.74. The van der Waals surface area contributed by atoms with E-state index in [0.29, 0.717) is 0 Å². The maximum Gasteiger partial charge on any atom is 0.0946 e. The van der Waals surface area contributed by atoms with Crippen molar-refractivity contribution < 1.29 is 0 Å². The highest BCUT2D eigenvalue weighted by atomic mass is 15.0. The maximum absolute atomic E-state index is 4.04. The highest BCUT2D eigenvalue weighted by molar-refractivity contribution is 4.79. The van der Waals surface area contributed by atoms with Gasteiger partial charge in [0.2, 0.25) is 0 Å². The summed E-state index contributed by atoms with van der Waals surface area (Å²) in [5, 5.41) is 3.66. The molecule has 0 aromatic carbocycles. The van der Waals surface area contributed by atoms with Gasteiger partial charge in [0.25, 0.3) is 0 Å². The Kier molecular flexibility index (Phi) is 3.78. The summed E-state index contributed by atoms with van der Waals surface area (Å²) in [4.78, 5) is 4.04. The van der Waals surface area contributed by atoms with Crippen molar-refractivity contribution in [2.75, 3.05) is 6.54 Å². The lowest BCUT2D eigenvalue weighted by Crippen LogP contribution is -2.38. The van der Waals surface area contributed by atoms with Crippen LogP contribution in [0.4, 0.5) is 0 Å². The Labute approximate surface area is 91.9 Å². The summed E-state index contributed by atoms with van der Waals surface area (Å²) in [5.41, 5.74) is 0. The Morgan fingerprint density at radius 1 is 1.40 bits per heavy atom. The van der Waals surface area contributed by atoms with Crippen LogP contribution in [0.5, 0.6) is 0 Å². The topological polar surface area (TPSA) is 29.9 Å². The minimum atomic E-state index is 0.738. The van der Waals surface area contributed by atoms with Crippen LogP contribution in [0.3, 0.4) is 0 Å². The minimum Gasteiger partial charge on any atom is -0.336 e. The van der Waals surface area contributed by atoms with Gasteiger partial charge in [-0.1, -0.05) is 19.8 Å². The van der Waals surface area contributed by atoms with Crippen LogP contribution >= 0.6 is 0 Å². The Morgan fingerprint density at radius 2 is 2.27 bits per heavy atom. The normalized spacial score (nSPS) is 26.7. The molecule has 1 aliphatic carbocycles. The van der Waals surface area contributed by atoms with Gasteiger partial charge in [-0.3, -0.25) is 0 Å². The molecule has 2 atom stereocenters. The van der Waals surface area contributed by atoms with Gasteiger partial charge in [0.05, 0.1) is 6.33 Å². The van der Waals surface area contributed by atoms with E-state index >= 15 is 0 Å². The molecule has 0 amide bonds. The number of aromatic nitrogens is 2. The van der Waals surface area contributed by atoms with Crippen LogP contribution in [0.1, 0.15) is 32.6 Å². The summed E-state index contributed by atoms with van der Waals surface area (Å²) in [6.45, 7) is 4.46. The van der Waals surface area contributed by atoms with Crippen LogP contribution in [0.2, 0.25) is 0 Å². The van der Waals surface area contributed by atoms with E-state index in [1.54, 1.807) is 0 Å². The zero-order valence-corrected chi connectivity index (χ0v) is 9.52. The highest BCUT2D eigenvalue weighted by Gasteiger charge is 2.19. The fourth-order valence-electron chi connectivity index (χ4n) is 2.42. The lowest BCUT2D eigenvalue weighted by atomic mass is 9.86. The standard InChI is InChI=1S/C12H21N3/c1-11-4-2-3-5-12(11)14-7-9-15-8-6-13-10-15/h6,8,10-12,14H,2-5,7,9H2,1H3. The van der Waals surface area contributed by atoms with Crippen molar-refractivity contribution in [3.63, 3.8) is 0 Å². The molecule has 1 heterocycles. The smallest absolute Gasteiger partial charge is 0.0946 e. The minimum absolute atomic E-state index is 0.738. The Hall–Kier alpha value is -0.830. The number of hydrogen-bond acceptors (Lipinski definition) is 2. The first kappa shape index (κ1) is 10.7. The van der Waals surface area contributed by atoms with Crippen molar-refractivity contribution in [1.29, 1.82) is 0 Å². The largest absolute Gasteiger partial charge is 0.336 e. The molecule has 1 N–H and O–H groups in total. The molecule has 1 aromatic rings. The lowest BCUT2D eigenvalue weighted by molar-refractivity contribution is 0.278. The Morgan fingerprint density at radius 3 is 3.00 bits per heavy atom. The van der Waals surface area contributed by atoms with Crippen LogP contribution < -0.4 is 5.32 Å². The van der Waals surface area contributed by atoms with Gasteiger partial charge < -0.3 is 9.88 Å². The molecule has 0 saturated heterocycles. The highest BCUT2D eigenvalue weighted by Crippen LogP contribution is 2.23. The fourth-order valence-corrected chi connectivity index (χ4v) is 2.42. The third-order valence-corrected chi connectivity index (χ3v) is 3.45. The maximum atomic E-state index is 4.04. The van der Waals surface area contributed by atoms with Crippen LogP contribution in [-0.2, 0) is 6.54 Å². The van der Waals surface area contributed by atoms with Crippen molar-refractivity contribution in [1.82, 2.24) is 14.9 Å². The van der Waals surface area contributed by atoms with Crippen LogP contribution in [0, 0.1) is 5.92 Å². The van der Waals surface area contributed by atoms with E-state index < -0.39 is 0 Å². The number of nitrogens with zero attached hydrogens (tertiary/aromatic N) is 2. The van der Waals surface area contributed by atoms with E-state index in [9.17, 15) is 0 Å². The lowest BCUT2D eigenvalue weighted by Gasteiger charge is -2.29. The van der Waals surface area contributed by atoms with Gasteiger partial charge in [0.1, 0.15) is 0 Å². The molecule has 1 saturated carbocycles. The van der Waals surface area contributed by atoms with E-state index in [2.05, 4.69) is 21.8 Å². The zero-order valence-electron chi connectivity index (χ0n) is 9.52. The Balaban J connectivity index is 1.68. The number of hydrogen-bond donors (Lipinski definition) is 1. The summed E-state index contributed by atoms with van der Waals surface area (Å²) >= 11 is 0. The van der Waals surface area contributed by atoms with E-state index in [1.807, 2.05) is 18.7 Å². The van der Waals surface area contributed by atoms with E-state index in [0.717, 1.165) is 25.0 Å². The molecule has 3 heteroatoms. The summed E-state index contributed by atoms with van der Waals surface area (Å²) in [7, 11) is 0. The third-order valence-electron chi connectivity index (χ3n) is 3.45. The van der Waals surface area contributed by atoms with Gasteiger partial charge in [-0.2, -0.15) is 0 Å². The first-order valence-electron chi connectivity index (χ1n) is 6.05. The molecule has 0 aliphatic heterocycles. The molecule has 1 aliphatic rings. The second-order valence-corrected chi connectivity index (χ2v) is 4.62. The summed E-state index contributed by atoms with van der Waals surface area (Å²) in [6, 6.07) is 0.738. The predicted molar refractivity (Wildman–Crippen MR) is 61.6 cm³/mol. The van der Waals surface area contributed by atoms with Gasteiger partial charge in [0.15, 0.2) is 0 Å². The van der Waals surface area contributed by atoms with Gasteiger partial charge >= 0.3 is 0 Å². The molecular weight excluding hydrogens is 186 g/mol. The molecular formula is C12H21N3. The molecule has 2 rings (SSSR count). The first-order valence-corrected chi connectivity index (χ1v) is 6.05. The number of rotatable bonds is 4. The molecule has 1 aromatic heterocycles. The van der Waals surface area contributed by atoms with Crippen LogP contribution in [0.25, 0.3) is 0 Å². The molecule has 0 radical (unpaired) electrons. The van der Waals surface area contributed by atoms with Crippen molar-refractivity contribution in [2.24, 2.45) is 5.92 Å². The number of imidazole rings is 1. The Bertz CT molecular complexity index is 268. The van der Waals surface area contributed by atoms with Crippen molar-refractivity contribution in [2.45, 2.75) is 45.2 Å². The number of nitrogens with one attached hydrogen (secondary N) is 1. The van der Waals surface area contributed by atoms with E-state index in [1.165, 1.54) is 25.7 Å². The second kappa shape index (κ2) is 5.31. The van der Waals surface area contributed by atoms with Gasteiger partial charge in [0, 0.05) is 31.5 Å². The quantitative estimate of drug-likeness (QED) is 0.819. The van der Waals surface area contributed by atoms with Crippen molar-refractivity contribution in [3.05, 3.63) is 18.7 Å². The molecule has 15 heavy (non-hydrogen) atoms. The van der Waals surface area contributed by atoms with E-state index in [4.69, 9.17) is 0 Å². The summed E-state index contributed by atoms with van der Waals surface area (Å²) in [6.07, 6.45) is 11.3. The van der Waals surface area contributed by atoms with E-state index in [-0.39, 0.29) is 0 Å². The van der Waals surface area contributed by atoms with Gasteiger partial charge in [-0.25, -0.2) is 4.98 Å². The molecule has 3 nitrogen and oxygen atoms in total. The first-order chi connectivity index (χ1) is 7.36. The fraction of sp³-hybridized carbons (Fsp3) is 0.750.